The molecule has 0 amide bonds. The van der Waals surface area contributed by atoms with Crippen molar-refractivity contribution in [2.24, 2.45) is 11.5 Å². The van der Waals surface area contributed by atoms with Gasteiger partial charge in [-0.25, -0.2) is 0 Å². The lowest BCUT2D eigenvalue weighted by Crippen LogP contribution is -2.30. The molecule has 0 aliphatic carbocycles. The van der Waals surface area contributed by atoms with E-state index in [9.17, 15) is 0 Å². The Morgan fingerprint density at radius 1 is 1.06 bits per heavy atom. The summed E-state index contributed by atoms with van der Waals surface area (Å²) in [6, 6.07) is 6.05. The second kappa shape index (κ2) is 6.36. The zero-order chi connectivity index (χ0) is 12.8. The molecular formula is C11H16N4S2. The molecule has 1 aromatic rings. The topological polar surface area (TPSA) is 76.1 Å². The van der Waals surface area contributed by atoms with E-state index in [2.05, 4.69) is 10.6 Å². The minimum absolute atomic E-state index is 0.302. The molecule has 4 nitrogen and oxygen atoms in total. The first-order chi connectivity index (χ1) is 8.00. The van der Waals surface area contributed by atoms with Gasteiger partial charge in [0, 0.05) is 13.1 Å². The SMILES string of the molecule is Cc1c(CNC(N)=S)cccc1CNC(N)=S. The predicted octanol–water partition coefficient (Wildman–Crippen LogP) is 0.661. The van der Waals surface area contributed by atoms with Crippen molar-refractivity contribution in [1.82, 2.24) is 10.6 Å². The molecule has 0 fully saturated rings. The number of thiocarbonyl (C=S) groups is 2. The summed E-state index contributed by atoms with van der Waals surface area (Å²) in [7, 11) is 0. The maximum atomic E-state index is 5.40. The van der Waals surface area contributed by atoms with Gasteiger partial charge in [-0.2, -0.15) is 0 Å². The van der Waals surface area contributed by atoms with Crippen molar-refractivity contribution in [2.75, 3.05) is 0 Å². The van der Waals surface area contributed by atoms with Crippen LogP contribution in [0.1, 0.15) is 16.7 Å². The first kappa shape index (κ1) is 13.7. The van der Waals surface area contributed by atoms with E-state index in [1.165, 1.54) is 5.56 Å². The molecule has 92 valence electrons. The predicted molar refractivity (Wildman–Crippen MR) is 78.4 cm³/mol. The van der Waals surface area contributed by atoms with E-state index in [4.69, 9.17) is 35.9 Å². The fourth-order valence-electron chi connectivity index (χ4n) is 1.48. The Morgan fingerprint density at radius 3 is 1.82 bits per heavy atom. The normalized spacial score (nSPS) is 9.71. The third-order valence-corrected chi connectivity index (χ3v) is 2.75. The molecule has 17 heavy (non-hydrogen) atoms. The van der Waals surface area contributed by atoms with Crippen molar-refractivity contribution in [3.05, 3.63) is 34.9 Å². The Morgan fingerprint density at radius 2 is 1.47 bits per heavy atom. The van der Waals surface area contributed by atoms with Crippen LogP contribution < -0.4 is 22.1 Å². The van der Waals surface area contributed by atoms with Crippen molar-refractivity contribution in [2.45, 2.75) is 20.0 Å². The van der Waals surface area contributed by atoms with Gasteiger partial charge in [0.2, 0.25) is 0 Å². The molecule has 0 bridgehead atoms. The van der Waals surface area contributed by atoms with Crippen LogP contribution in [0.5, 0.6) is 0 Å². The van der Waals surface area contributed by atoms with E-state index in [0.29, 0.717) is 23.3 Å². The third-order valence-electron chi connectivity index (χ3n) is 2.46. The highest BCUT2D eigenvalue weighted by atomic mass is 32.1. The fourth-order valence-corrected chi connectivity index (χ4v) is 1.63. The van der Waals surface area contributed by atoms with Crippen LogP contribution in [-0.2, 0) is 13.1 Å². The summed E-state index contributed by atoms with van der Waals surface area (Å²) in [5.74, 6) is 0. The molecule has 0 heterocycles. The summed E-state index contributed by atoms with van der Waals surface area (Å²) >= 11 is 9.55. The molecule has 1 aromatic carbocycles. The van der Waals surface area contributed by atoms with Crippen molar-refractivity contribution in [3.8, 4) is 0 Å². The highest BCUT2D eigenvalue weighted by Gasteiger charge is 2.04. The molecule has 0 aromatic heterocycles. The molecule has 0 unspecified atom stereocenters. The highest BCUT2D eigenvalue weighted by Crippen LogP contribution is 2.13. The van der Waals surface area contributed by atoms with Gasteiger partial charge in [-0.1, -0.05) is 18.2 Å². The first-order valence-electron chi connectivity index (χ1n) is 5.14. The molecule has 1 rings (SSSR count). The van der Waals surface area contributed by atoms with Gasteiger partial charge in [-0.05, 0) is 48.0 Å². The van der Waals surface area contributed by atoms with Gasteiger partial charge in [-0.3, -0.25) is 0 Å². The standard InChI is InChI=1S/C11H16N4S2/c1-7-8(5-14-10(12)16)3-2-4-9(7)6-15-11(13)17/h2-4H,5-6H2,1H3,(H3,12,14,16)(H3,13,15,17). The van der Waals surface area contributed by atoms with Crippen molar-refractivity contribution in [1.29, 1.82) is 0 Å². The molecule has 0 saturated heterocycles. The molecule has 0 aliphatic heterocycles. The minimum Gasteiger partial charge on any atom is -0.376 e. The van der Waals surface area contributed by atoms with E-state index in [0.717, 1.165) is 11.1 Å². The number of nitrogens with one attached hydrogen (secondary N) is 2. The maximum Gasteiger partial charge on any atom is 0.163 e. The summed E-state index contributed by atoms with van der Waals surface area (Å²) < 4.78 is 0. The highest BCUT2D eigenvalue weighted by molar-refractivity contribution is 7.80. The van der Waals surface area contributed by atoms with Crippen LogP contribution >= 0.6 is 24.4 Å². The van der Waals surface area contributed by atoms with E-state index in [1.807, 2.05) is 25.1 Å². The van der Waals surface area contributed by atoms with Crippen LogP contribution in [0.3, 0.4) is 0 Å². The summed E-state index contributed by atoms with van der Waals surface area (Å²) in [4.78, 5) is 0. The second-order valence-corrected chi connectivity index (χ2v) is 4.52. The van der Waals surface area contributed by atoms with Crippen LogP contribution in [0.15, 0.2) is 18.2 Å². The van der Waals surface area contributed by atoms with Gasteiger partial charge in [0.1, 0.15) is 0 Å². The summed E-state index contributed by atoms with van der Waals surface area (Å²) in [5, 5.41) is 6.47. The summed E-state index contributed by atoms with van der Waals surface area (Å²) in [5.41, 5.74) is 14.3. The molecular weight excluding hydrogens is 252 g/mol. The second-order valence-electron chi connectivity index (χ2n) is 3.64. The van der Waals surface area contributed by atoms with E-state index in [1.54, 1.807) is 0 Å². The van der Waals surface area contributed by atoms with Gasteiger partial charge >= 0.3 is 0 Å². The van der Waals surface area contributed by atoms with E-state index < -0.39 is 0 Å². The average Bonchev–Trinajstić information content (AvgIpc) is 2.25. The zero-order valence-electron chi connectivity index (χ0n) is 9.62. The Balaban J connectivity index is 2.76. The molecule has 0 atom stereocenters. The van der Waals surface area contributed by atoms with Gasteiger partial charge in [0.05, 0.1) is 0 Å². The summed E-state index contributed by atoms with van der Waals surface area (Å²) in [6.07, 6.45) is 0. The fraction of sp³-hybridized carbons (Fsp3) is 0.273. The van der Waals surface area contributed by atoms with E-state index >= 15 is 0 Å². The number of nitrogens with two attached hydrogens (primary N) is 2. The molecule has 0 saturated carbocycles. The molecule has 6 N–H and O–H groups in total. The monoisotopic (exact) mass is 268 g/mol. The largest absolute Gasteiger partial charge is 0.376 e. The molecule has 0 radical (unpaired) electrons. The van der Waals surface area contributed by atoms with Crippen LogP contribution in [0.2, 0.25) is 0 Å². The lowest BCUT2D eigenvalue weighted by atomic mass is 10.0. The molecule has 0 aliphatic rings. The Kier molecular flexibility index (Phi) is 5.11. The number of hydrogen-bond acceptors (Lipinski definition) is 2. The maximum absolute atomic E-state index is 5.40. The smallest absolute Gasteiger partial charge is 0.163 e. The molecule has 0 spiro atoms. The number of hydrogen-bond donors (Lipinski definition) is 4. The average molecular weight is 268 g/mol. The van der Waals surface area contributed by atoms with Crippen molar-refractivity contribution in [3.63, 3.8) is 0 Å². The zero-order valence-corrected chi connectivity index (χ0v) is 11.3. The van der Waals surface area contributed by atoms with Crippen LogP contribution in [0.4, 0.5) is 0 Å². The Bertz CT molecular complexity index is 395. The van der Waals surface area contributed by atoms with Gasteiger partial charge in [0.15, 0.2) is 10.2 Å². The number of rotatable bonds is 4. The van der Waals surface area contributed by atoms with Crippen molar-refractivity contribution < 1.29 is 0 Å². The Labute approximate surface area is 112 Å². The van der Waals surface area contributed by atoms with Crippen LogP contribution in [-0.4, -0.2) is 10.2 Å². The van der Waals surface area contributed by atoms with Gasteiger partial charge in [0.25, 0.3) is 0 Å². The molecule has 6 heteroatoms. The quantitative estimate of drug-likeness (QED) is 0.601. The lowest BCUT2D eigenvalue weighted by molar-refractivity contribution is 0.874. The van der Waals surface area contributed by atoms with Gasteiger partial charge in [-0.15, -0.1) is 0 Å². The lowest BCUT2D eigenvalue weighted by Gasteiger charge is -2.12. The first-order valence-corrected chi connectivity index (χ1v) is 5.96. The van der Waals surface area contributed by atoms with Crippen LogP contribution in [0, 0.1) is 6.92 Å². The van der Waals surface area contributed by atoms with Crippen LogP contribution in [0.25, 0.3) is 0 Å². The third kappa shape index (κ3) is 4.54. The van der Waals surface area contributed by atoms with Crippen molar-refractivity contribution >= 4 is 34.7 Å². The van der Waals surface area contributed by atoms with Gasteiger partial charge < -0.3 is 22.1 Å². The van der Waals surface area contributed by atoms with E-state index in [-0.39, 0.29) is 0 Å². The Hall–Kier alpha value is -1.40. The minimum atomic E-state index is 0.302. The summed E-state index contributed by atoms with van der Waals surface area (Å²) in [6.45, 7) is 3.30. The number of benzene rings is 1.